The van der Waals surface area contributed by atoms with Crippen LogP contribution < -0.4 is 4.74 Å². The highest BCUT2D eigenvalue weighted by molar-refractivity contribution is 5.43. The number of nitrogens with zero attached hydrogens (tertiary/aromatic N) is 1. The zero-order valence-corrected chi connectivity index (χ0v) is 9.31. The van der Waals surface area contributed by atoms with E-state index < -0.39 is 6.61 Å². The maximum Gasteiger partial charge on any atom is 0.387 e. The summed E-state index contributed by atoms with van der Waals surface area (Å²) in [5.41, 5.74) is 1.52. The van der Waals surface area contributed by atoms with Crippen LogP contribution in [-0.4, -0.2) is 11.6 Å². The second-order valence-corrected chi connectivity index (χ2v) is 3.39. The Morgan fingerprint density at radius 2 is 1.72 bits per heavy atom. The molecule has 0 aliphatic heterocycles. The van der Waals surface area contributed by atoms with Crippen molar-refractivity contribution >= 4 is 0 Å². The molecule has 0 fully saturated rings. The number of hydrogen-bond donors (Lipinski definition) is 0. The number of alkyl halides is 2. The average Bonchev–Trinajstić information content (AvgIpc) is 2.38. The van der Waals surface area contributed by atoms with Crippen molar-refractivity contribution in [1.29, 1.82) is 0 Å². The second-order valence-electron chi connectivity index (χ2n) is 3.39. The van der Waals surface area contributed by atoms with Gasteiger partial charge in [-0.25, -0.2) is 0 Å². The minimum absolute atomic E-state index is 0.122. The Labute approximate surface area is 103 Å². The second kappa shape index (κ2) is 5.78. The van der Waals surface area contributed by atoms with Crippen molar-refractivity contribution < 1.29 is 13.5 Å². The zero-order valence-electron chi connectivity index (χ0n) is 9.31. The smallest absolute Gasteiger partial charge is 0.387 e. The molecule has 0 spiro atoms. The Bertz CT molecular complexity index is 556. The number of benzene rings is 1. The number of hydrogen-bond acceptors (Lipinski definition) is 2. The van der Waals surface area contributed by atoms with E-state index in [1.807, 2.05) is 6.07 Å². The molecule has 4 heteroatoms. The lowest BCUT2D eigenvalue weighted by Gasteiger charge is -2.02. The van der Waals surface area contributed by atoms with Gasteiger partial charge >= 0.3 is 6.61 Å². The molecule has 1 aromatic heterocycles. The molecule has 90 valence electrons. The predicted molar refractivity (Wildman–Crippen MR) is 63.3 cm³/mol. The van der Waals surface area contributed by atoms with Gasteiger partial charge in [0.2, 0.25) is 0 Å². The van der Waals surface area contributed by atoms with E-state index in [2.05, 4.69) is 21.6 Å². The Hall–Kier alpha value is -2.41. The summed E-state index contributed by atoms with van der Waals surface area (Å²) in [5.74, 6) is 5.95. The third-order valence-corrected chi connectivity index (χ3v) is 2.09. The molecule has 1 aromatic carbocycles. The van der Waals surface area contributed by atoms with E-state index in [1.54, 1.807) is 30.6 Å². The zero-order chi connectivity index (χ0) is 12.8. The van der Waals surface area contributed by atoms with Gasteiger partial charge in [0, 0.05) is 23.5 Å². The summed E-state index contributed by atoms with van der Waals surface area (Å²) in [6, 6.07) is 9.80. The van der Waals surface area contributed by atoms with Crippen LogP contribution >= 0.6 is 0 Å². The fourth-order valence-corrected chi connectivity index (χ4v) is 1.30. The fourth-order valence-electron chi connectivity index (χ4n) is 1.30. The highest BCUT2D eigenvalue weighted by atomic mass is 19.3. The van der Waals surface area contributed by atoms with Crippen LogP contribution in [0.5, 0.6) is 5.75 Å². The molecule has 1 heterocycles. The normalized spacial score (nSPS) is 9.72. The van der Waals surface area contributed by atoms with Crippen molar-refractivity contribution in [1.82, 2.24) is 4.98 Å². The molecule has 2 rings (SSSR count). The molecule has 0 amide bonds. The van der Waals surface area contributed by atoms with Gasteiger partial charge < -0.3 is 4.74 Å². The number of aromatic nitrogens is 1. The summed E-state index contributed by atoms with van der Waals surface area (Å²) in [4.78, 5) is 3.94. The van der Waals surface area contributed by atoms with Crippen LogP contribution in [0.2, 0.25) is 0 Å². The maximum absolute atomic E-state index is 11.9. The van der Waals surface area contributed by atoms with Crippen molar-refractivity contribution in [3.05, 3.63) is 59.9 Å². The van der Waals surface area contributed by atoms with Crippen LogP contribution in [-0.2, 0) is 0 Å². The van der Waals surface area contributed by atoms with E-state index in [4.69, 9.17) is 0 Å². The maximum atomic E-state index is 11.9. The van der Waals surface area contributed by atoms with E-state index in [-0.39, 0.29) is 5.75 Å². The standard InChI is InChI=1S/C14H9F2NO/c15-14(16)18-13-7-5-11(6-8-13)3-4-12-2-1-9-17-10-12/h1-2,5-10,14H. The summed E-state index contributed by atoms with van der Waals surface area (Å²) in [7, 11) is 0. The summed E-state index contributed by atoms with van der Waals surface area (Å²) < 4.78 is 28.1. The van der Waals surface area contributed by atoms with E-state index in [9.17, 15) is 8.78 Å². The van der Waals surface area contributed by atoms with Gasteiger partial charge in [-0.1, -0.05) is 11.8 Å². The van der Waals surface area contributed by atoms with Gasteiger partial charge in [0.15, 0.2) is 0 Å². The Morgan fingerprint density at radius 3 is 2.33 bits per heavy atom. The van der Waals surface area contributed by atoms with E-state index >= 15 is 0 Å². The van der Waals surface area contributed by atoms with E-state index in [0.717, 1.165) is 11.1 Å². The lowest BCUT2D eigenvalue weighted by atomic mass is 10.2. The molecule has 2 nitrogen and oxygen atoms in total. The Kier molecular flexibility index (Phi) is 3.87. The van der Waals surface area contributed by atoms with Gasteiger partial charge in [-0.3, -0.25) is 4.98 Å². The number of rotatable bonds is 2. The Morgan fingerprint density at radius 1 is 1.00 bits per heavy atom. The molecule has 0 bridgehead atoms. The Balaban J connectivity index is 2.09. The molecule has 0 aliphatic carbocycles. The molecule has 0 atom stereocenters. The molecular weight excluding hydrogens is 236 g/mol. The largest absolute Gasteiger partial charge is 0.435 e. The highest BCUT2D eigenvalue weighted by Crippen LogP contribution is 2.14. The van der Waals surface area contributed by atoms with Crippen LogP contribution in [0.1, 0.15) is 11.1 Å². The third-order valence-electron chi connectivity index (χ3n) is 2.09. The number of halogens is 2. The molecular formula is C14H9F2NO. The molecule has 0 unspecified atom stereocenters. The molecule has 0 N–H and O–H groups in total. The monoisotopic (exact) mass is 245 g/mol. The van der Waals surface area contributed by atoms with Crippen LogP contribution in [0.15, 0.2) is 48.8 Å². The predicted octanol–water partition coefficient (Wildman–Crippen LogP) is 3.08. The fraction of sp³-hybridized carbons (Fsp3) is 0.0714. The quantitative estimate of drug-likeness (QED) is 0.758. The highest BCUT2D eigenvalue weighted by Gasteiger charge is 2.02. The van der Waals surface area contributed by atoms with Crippen LogP contribution in [0.4, 0.5) is 8.78 Å². The number of pyridine rings is 1. The first-order valence-corrected chi connectivity index (χ1v) is 5.21. The summed E-state index contributed by atoms with van der Waals surface area (Å²) in [5, 5.41) is 0. The molecule has 2 aromatic rings. The van der Waals surface area contributed by atoms with E-state index in [0.29, 0.717) is 0 Å². The summed E-state index contributed by atoms with van der Waals surface area (Å²) in [6.07, 6.45) is 3.32. The summed E-state index contributed by atoms with van der Waals surface area (Å²) in [6.45, 7) is -2.81. The van der Waals surface area contributed by atoms with Crippen molar-refractivity contribution in [2.45, 2.75) is 6.61 Å². The first-order valence-electron chi connectivity index (χ1n) is 5.21. The molecule has 0 saturated heterocycles. The van der Waals surface area contributed by atoms with Crippen molar-refractivity contribution in [3.8, 4) is 17.6 Å². The topological polar surface area (TPSA) is 22.1 Å². The van der Waals surface area contributed by atoms with Crippen LogP contribution in [0.3, 0.4) is 0 Å². The molecule has 0 saturated carbocycles. The van der Waals surface area contributed by atoms with Gasteiger partial charge in [0.25, 0.3) is 0 Å². The lowest BCUT2D eigenvalue weighted by molar-refractivity contribution is -0.0498. The van der Waals surface area contributed by atoms with Gasteiger partial charge in [0.1, 0.15) is 5.75 Å². The molecule has 18 heavy (non-hydrogen) atoms. The minimum atomic E-state index is -2.81. The summed E-state index contributed by atoms with van der Waals surface area (Å²) >= 11 is 0. The first-order chi connectivity index (χ1) is 8.74. The third kappa shape index (κ3) is 3.56. The van der Waals surface area contributed by atoms with Gasteiger partial charge in [-0.15, -0.1) is 0 Å². The van der Waals surface area contributed by atoms with Crippen molar-refractivity contribution in [3.63, 3.8) is 0 Å². The number of ether oxygens (including phenoxy) is 1. The van der Waals surface area contributed by atoms with Gasteiger partial charge in [-0.05, 0) is 36.4 Å². The van der Waals surface area contributed by atoms with Crippen molar-refractivity contribution in [2.24, 2.45) is 0 Å². The van der Waals surface area contributed by atoms with Crippen LogP contribution in [0, 0.1) is 11.8 Å². The van der Waals surface area contributed by atoms with Crippen molar-refractivity contribution in [2.75, 3.05) is 0 Å². The SMILES string of the molecule is FC(F)Oc1ccc(C#Cc2cccnc2)cc1. The van der Waals surface area contributed by atoms with Crippen LogP contribution in [0.25, 0.3) is 0 Å². The van der Waals surface area contributed by atoms with Gasteiger partial charge in [-0.2, -0.15) is 8.78 Å². The molecule has 0 radical (unpaired) electrons. The average molecular weight is 245 g/mol. The minimum Gasteiger partial charge on any atom is -0.435 e. The first kappa shape index (κ1) is 12.1. The molecule has 0 aliphatic rings. The van der Waals surface area contributed by atoms with E-state index in [1.165, 1.54) is 12.1 Å². The van der Waals surface area contributed by atoms with Gasteiger partial charge in [0.05, 0.1) is 0 Å². The lowest BCUT2D eigenvalue weighted by Crippen LogP contribution is -2.01.